The molecule has 2 rings (SSSR count). The highest BCUT2D eigenvalue weighted by Gasteiger charge is 2.17. The predicted octanol–water partition coefficient (Wildman–Crippen LogP) is 3.10. The first-order valence-corrected chi connectivity index (χ1v) is 7.48. The van der Waals surface area contributed by atoms with Crippen molar-refractivity contribution in [1.29, 1.82) is 0 Å². The fourth-order valence-electron chi connectivity index (χ4n) is 2.07. The number of aromatic amines is 1. The molecule has 0 radical (unpaired) electrons. The summed E-state index contributed by atoms with van der Waals surface area (Å²) in [6.07, 6.45) is 5.68. The van der Waals surface area contributed by atoms with Crippen molar-refractivity contribution in [3.8, 4) is 5.75 Å². The third-order valence-electron chi connectivity index (χ3n) is 3.37. The summed E-state index contributed by atoms with van der Waals surface area (Å²) >= 11 is 0. The predicted molar refractivity (Wildman–Crippen MR) is 85.7 cm³/mol. The van der Waals surface area contributed by atoms with Gasteiger partial charge in [0.05, 0.1) is 0 Å². The van der Waals surface area contributed by atoms with Gasteiger partial charge in [-0.25, -0.2) is 4.98 Å². The standard InChI is InChI=1S/C17H25N3O/c1-14-6-8-15(9-7-14)21-13-17(2,3)20-10-4-5-16-18-11-12-19-16/h6-9,11-12,20H,4-5,10,13H2,1-3H3,(H,18,19). The largest absolute Gasteiger partial charge is 0.492 e. The fraction of sp³-hybridized carbons (Fsp3) is 0.471. The van der Waals surface area contributed by atoms with Crippen LogP contribution in [-0.2, 0) is 6.42 Å². The molecule has 0 amide bonds. The number of rotatable bonds is 8. The molecule has 0 bridgehead atoms. The molecule has 0 saturated heterocycles. The Kier molecular flexibility index (Phi) is 5.39. The molecule has 0 saturated carbocycles. The van der Waals surface area contributed by atoms with Crippen molar-refractivity contribution >= 4 is 0 Å². The molecule has 2 N–H and O–H groups in total. The topological polar surface area (TPSA) is 49.9 Å². The summed E-state index contributed by atoms with van der Waals surface area (Å²) in [5.41, 5.74) is 1.20. The van der Waals surface area contributed by atoms with E-state index in [9.17, 15) is 0 Å². The minimum atomic E-state index is -0.0476. The Morgan fingerprint density at radius 3 is 2.67 bits per heavy atom. The summed E-state index contributed by atoms with van der Waals surface area (Å²) in [7, 11) is 0. The highest BCUT2D eigenvalue weighted by molar-refractivity contribution is 5.26. The van der Waals surface area contributed by atoms with Crippen LogP contribution in [0.5, 0.6) is 5.75 Å². The quantitative estimate of drug-likeness (QED) is 0.734. The highest BCUT2D eigenvalue weighted by atomic mass is 16.5. The normalized spacial score (nSPS) is 11.6. The highest BCUT2D eigenvalue weighted by Crippen LogP contribution is 2.14. The Hall–Kier alpha value is -1.81. The molecule has 0 atom stereocenters. The number of imidazole rings is 1. The lowest BCUT2D eigenvalue weighted by Crippen LogP contribution is -2.45. The number of nitrogens with one attached hydrogen (secondary N) is 2. The Balaban J connectivity index is 1.67. The summed E-state index contributed by atoms with van der Waals surface area (Å²) in [6.45, 7) is 8.00. The molecule has 0 aliphatic carbocycles. The molecule has 0 spiro atoms. The van der Waals surface area contributed by atoms with E-state index in [1.165, 1.54) is 5.56 Å². The third kappa shape index (κ3) is 5.60. The van der Waals surface area contributed by atoms with Crippen LogP contribution in [0.4, 0.5) is 0 Å². The van der Waals surface area contributed by atoms with E-state index in [1.807, 2.05) is 18.3 Å². The molecule has 0 aliphatic rings. The number of nitrogens with zero attached hydrogens (tertiary/aromatic N) is 1. The van der Waals surface area contributed by atoms with E-state index in [2.05, 4.69) is 48.2 Å². The first-order valence-electron chi connectivity index (χ1n) is 7.48. The van der Waals surface area contributed by atoms with E-state index in [4.69, 9.17) is 4.74 Å². The van der Waals surface area contributed by atoms with Gasteiger partial charge in [0.25, 0.3) is 0 Å². The van der Waals surface area contributed by atoms with E-state index in [0.717, 1.165) is 31.0 Å². The first kappa shape index (κ1) is 15.6. The zero-order chi connectivity index (χ0) is 15.1. The first-order chi connectivity index (χ1) is 10.1. The van der Waals surface area contributed by atoms with Crippen LogP contribution in [0.1, 0.15) is 31.7 Å². The second-order valence-corrected chi connectivity index (χ2v) is 6.05. The van der Waals surface area contributed by atoms with Crippen LogP contribution in [-0.4, -0.2) is 28.7 Å². The van der Waals surface area contributed by atoms with Gasteiger partial charge in [-0.05, 0) is 45.9 Å². The number of aryl methyl sites for hydroxylation is 2. The second kappa shape index (κ2) is 7.27. The van der Waals surface area contributed by atoms with Gasteiger partial charge in [-0.3, -0.25) is 0 Å². The van der Waals surface area contributed by atoms with Crippen LogP contribution in [0, 0.1) is 6.92 Å². The fourth-order valence-corrected chi connectivity index (χ4v) is 2.07. The van der Waals surface area contributed by atoms with E-state index < -0.39 is 0 Å². The molecule has 1 heterocycles. The number of aromatic nitrogens is 2. The van der Waals surface area contributed by atoms with Crippen molar-refractivity contribution in [3.63, 3.8) is 0 Å². The van der Waals surface area contributed by atoms with E-state index >= 15 is 0 Å². The van der Waals surface area contributed by atoms with Gasteiger partial charge in [0.1, 0.15) is 18.2 Å². The number of H-pyrrole nitrogens is 1. The molecule has 21 heavy (non-hydrogen) atoms. The summed E-state index contributed by atoms with van der Waals surface area (Å²) < 4.78 is 5.85. The smallest absolute Gasteiger partial charge is 0.119 e. The van der Waals surface area contributed by atoms with Crippen molar-refractivity contribution in [2.24, 2.45) is 0 Å². The number of hydrogen-bond donors (Lipinski definition) is 2. The summed E-state index contributed by atoms with van der Waals surface area (Å²) in [5.74, 6) is 1.97. The Bertz CT molecular complexity index is 517. The molecule has 0 aliphatic heterocycles. The molecule has 1 aromatic carbocycles. The third-order valence-corrected chi connectivity index (χ3v) is 3.37. The zero-order valence-electron chi connectivity index (χ0n) is 13.1. The van der Waals surface area contributed by atoms with Crippen LogP contribution in [0.3, 0.4) is 0 Å². The Morgan fingerprint density at radius 1 is 1.24 bits per heavy atom. The lowest BCUT2D eigenvalue weighted by molar-refractivity contribution is 0.208. The van der Waals surface area contributed by atoms with Crippen molar-refractivity contribution in [2.45, 2.75) is 39.2 Å². The van der Waals surface area contributed by atoms with Crippen molar-refractivity contribution < 1.29 is 4.74 Å². The van der Waals surface area contributed by atoms with E-state index in [-0.39, 0.29) is 5.54 Å². The van der Waals surface area contributed by atoms with Crippen LogP contribution in [0.25, 0.3) is 0 Å². The van der Waals surface area contributed by atoms with Gasteiger partial charge in [-0.15, -0.1) is 0 Å². The Labute approximate surface area is 127 Å². The van der Waals surface area contributed by atoms with Gasteiger partial charge in [0.2, 0.25) is 0 Å². The number of ether oxygens (including phenoxy) is 1. The van der Waals surface area contributed by atoms with Crippen LogP contribution < -0.4 is 10.1 Å². The average molecular weight is 287 g/mol. The number of benzene rings is 1. The van der Waals surface area contributed by atoms with Gasteiger partial charge < -0.3 is 15.0 Å². The van der Waals surface area contributed by atoms with E-state index in [0.29, 0.717) is 6.61 Å². The molecular formula is C17H25N3O. The van der Waals surface area contributed by atoms with Crippen LogP contribution in [0.2, 0.25) is 0 Å². The van der Waals surface area contributed by atoms with Crippen LogP contribution >= 0.6 is 0 Å². The van der Waals surface area contributed by atoms with Crippen molar-refractivity contribution in [2.75, 3.05) is 13.2 Å². The summed E-state index contributed by atoms with van der Waals surface area (Å²) in [5, 5.41) is 3.54. The van der Waals surface area contributed by atoms with Crippen molar-refractivity contribution in [1.82, 2.24) is 15.3 Å². The summed E-state index contributed by atoms with van der Waals surface area (Å²) in [6, 6.07) is 8.17. The maximum Gasteiger partial charge on any atom is 0.119 e. The van der Waals surface area contributed by atoms with E-state index in [1.54, 1.807) is 6.20 Å². The molecule has 0 unspecified atom stereocenters. The molecule has 1 aromatic heterocycles. The minimum Gasteiger partial charge on any atom is -0.492 e. The SMILES string of the molecule is Cc1ccc(OCC(C)(C)NCCCc2ncc[nH]2)cc1. The van der Waals surface area contributed by atoms with Crippen molar-refractivity contribution in [3.05, 3.63) is 48.0 Å². The number of hydrogen-bond acceptors (Lipinski definition) is 3. The molecule has 114 valence electrons. The van der Waals surface area contributed by atoms with Gasteiger partial charge in [-0.2, -0.15) is 0 Å². The molecule has 4 nitrogen and oxygen atoms in total. The molecule has 2 aromatic rings. The van der Waals surface area contributed by atoms with Gasteiger partial charge in [0, 0.05) is 24.4 Å². The Morgan fingerprint density at radius 2 is 2.00 bits per heavy atom. The molecular weight excluding hydrogens is 262 g/mol. The maximum atomic E-state index is 5.85. The maximum absolute atomic E-state index is 5.85. The zero-order valence-corrected chi connectivity index (χ0v) is 13.1. The summed E-state index contributed by atoms with van der Waals surface area (Å²) in [4.78, 5) is 7.35. The lowest BCUT2D eigenvalue weighted by Gasteiger charge is -2.26. The van der Waals surface area contributed by atoms with Gasteiger partial charge in [0.15, 0.2) is 0 Å². The molecule has 0 fully saturated rings. The second-order valence-electron chi connectivity index (χ2n) is 6.05. The monoisotopic (exact) mass is 287 g/mol. The van der Waals surface area contributed by atoms with Crippen LogP contribution in [0.15, 0.2) is 36.7 Å². The average Bonchev–Trinajstić information content (AvgIpc) is 2.96. The minimum absolute atomic E-state index is 0.0476. The molecule has 4 heteroatoms. The lowest BCUT2D eigenvalue weighted by atomic mass is 10.1. The van der Waals surface area contributed by atoms with Gasteiger partial charge >= 0.3 is 0 Å². The van der Waals surface area contributed by atoms with Gasteiger partial charge in [-0.1, -0.05) is 17.7 Å².